The Labute approximate surface area is 198 Å². The highest BCUT2D eigenvalue weighted by atomic mass is 19.4. The molecule has 7 nitrogen and oxygen atoms in total. The first kappa shape index (κ1) is 23.7. The molecule has 2 amide bonds. The first-order valence-electron chi connectivity index (χ1n) is 10.4. The number of methoxy groups -OCH3 is 1. The Morgan fingerprint density at radius 1 is 0.914 bits per heavy atom. The fraction of sp³-hybridized carbons (Fsp3) is 0.120. The summed E-state index contributed by atoms with van der Waals surface area (Å²) in [6, 6.07) is 13.9. The smallest absolute Gasteiger partial charge is 0.416 e. The number of benzene rings is 3. The molecule has 10 heteroatoms. The zero-order valence-corrected chi connectivity index (χ0v) is 18.6. The first-order valence-corrected chi connectivity index (χ1v) is 10.4. The van der Waals surface area contributed by atoms with Gasteiger partial charge in [-0.2, -0.15) is 13.2 Å². The Balaban J connectivity index is 1.57. The molecule has 0 saturated carbocycles. The second kappa shape index (κ2) is 9.41. The van der Waals surface area contributed by atoms with Gasteiger partial charge in [-0.1, -0.05) is 18.2 Å². The standard InChI is InChI=1S/C25H19F3N4O3/c1-14-9-10-17(31-22(33)15-5-3-6-16(11-15)25(26,27)28)12-20(14)32-23(34)18-7-4-8-19-21(18)29-13-30-24(19)35-2/h3-13H,1-2H3,(H,31,33)(H,32,34). The van der Waals surface area contributed by atoms with E-state index in [4.69, 9.17) is 4.74 Å². The second-order valence-corrected chi connectivity index (χ2v) is 7.60. The maximum Gasteiger partial charge on any atom is 0.416 e. The minimum atomic E-state index is -4.56. The van der Waals surface area contributed by atoms with E-state index in [0.717, 1.165) is 12.1 Å². The summed E-state index contributed by atoms with van der Waals surface area (Å²) in [7, 11) is 1.47. The van der Waals surface area contributed by atoms with Crippen LogP contribution in [0.5, 0.6) is 5.88 Å². The maximum atomic E-state index is 13.1. The normalized spacial score (nSPS) is 11.2. The lowest BCUT2D eigenvalue weighted by molar-refractivity contribution is -0.137. The highest BCUT2D eigenvalue weighted by molar-refractivity contribution is 6.13. The van der Waals surface area contributed by atoms with Crippen molar-refractivity contribution in [1.82, 2.24) is 9.97 Å². The number of anilines is 2. The summed E-state index contributed by atoms with van der Waals surface area (Å²) in [5, 5.41) is 5.94. The van der Waals surface area contributed by atoms with Gasteiger partial charge in [-0.15, -0.1) is 0 Å². The molecule has 0 unspecified atom stereocenters. The van der Waals surface area contributed by atoms with Crippen LogP contribution in [0.15, 0.2) is 67.0 Å². The number of hydrogen-bond acceptors (Lipinski definition) is 5. The molecular weight excluding hydrogens is 461 g/mol. The molecule has 0 saturated heterocycles. The predicted molar refractivity (Wildman–Crippen MR) is 125 cm³/mol. The molecular formula is C25H19F3N4O3. The first-order chi connectivity index (χ1) is 16.7. The third kappa shape index (κ3) is 5.06. The number of halogens is 3. The molecule has 1 aromatic heterocycles. The number of aromatic nitrogens is 2. The topological polar surface area (TPSA) is 93.2 Å². The van der Waals surface area contributed by atoms with Gasteiger partial charge in [-0.05, 0) is 55.0 Å². The number of nitrogens with zero attached hydrogens (tertiary/aromatic N) is 2. The molecule has 0 bridgehead atoms. The van der Waals surface area contributed by atoms with Gasteiger partial charge in [0, 0.05) is 16.9 Å². The SMILES string of the molecule is COc1ncnc2c(C(=O)Nc3cc(NC(=O)c4cccc(C(F)(F)F)c4)ccc3C)cccc12. The van der Waals surface area contributed by atoms with Gasteiger partial charge in [0.15, 0.2) is 0 Å². The Hall–Kier alpha value is -4.47. The van der Waals surface area contributed by atoms with Crippen LogP contribution in [-0.2, 0) is 6.18 Å². The molecule has 0 aliphatic rings. The summed E-state index contributed by atoms with van der Waals surface area (Å²) >= 11 is 0. The monoisotopic (exact) mass is 480 g/mol. The Bertz CT molecular complexity index is 1440. The van der Waals surface area contributed by atoms with Crippen molar-refractivity contribution in [3.05, 3.63) is 89.2 Å². The number of carbonyl (C=O) groups is 2. The van der Waals surface area contributed by atoms with Gasteiger partial charge in [-0.3, -0.25) is 9.59 Å². The minimum Gasteiger partial charge on any atom is -0.480 e. The third-order valence-electron chi connectivity index (χ3n) is 5.26. The van der Waals surface area contributed by atoms with E-state index < -0.39 is 23.6 Å². The average Bonchev–Trinajstić information content (AvgIpc) is 2.84. The van der Waals surface area contributed by atoms with Crippen molar-refractivity contribution in [3.63, 3.8) is 0 Å². The summed E-state index contributed by atoms with van der Waals surface area (Å²) in [4.78, 5) is 33.8. The Morgan fingerprint density at radius 3 is 2.43 bits per heavy atom. The van der Waals surface area contributed by atoms with E-state index in [1.54, 1.807) is 37.3 Å². The lowest BCUT2D eigenvalue weighted by Gasteiger charge is -2.13. The van der Waals surface area contributed by atoms with Crippen LogP contribution in [0.1, 0.15) is 31.8 Å². The number of alkyl halides is 3. The van der Waals surface area contributed by atoms with E-state index in [1.807, 2.05) is 0 Å². The maximum absolute atomic E-state index is 13.1. The van der Waals surface area contributed by atoms with Crippen molar-refractivity contribution in [3.8, 4) is 5.88 Å². The van der Waals surface area contributed by atoms with E-state index >= 15 is 0 Å². The van der Waals surface area contributed by atoms with Gasteiger partial charge >= 0.3 is 6.18 Å². The fourth-order valence-electron chi connectivity index (χ4n) is 3.47. The fourth-order valence-corrected chi connectivity index (χ4v) is 3.47. The molecule has 4 aromatic rings. The highest BCUT2D eigenvalue weighted by Crippen LogP contribution is 2.30. The van der Waals surface area contributed by atoms with Crippen LogP contribution in [0.2, 0.25) is 0 Å². The molecule has 0 radical (unpaired) electrons. The van der Waals surface area contributed by atoms with Gasteiger partial charge in [0.25, 0.3) is 11.8 Å². The molecule has 178 valence electrons. The summed E-state index contributed by atoms with van der Waals surface area (Å²) in [6.45, 7) is 1.77. The summed E-state index contributed by atoms with van der Waals surface area (Å²) < 4.78 is 44.1. The lowest BCUT2D eigenvalue weighted by atomic mass is 10.1. The molecule has 0 spiro atoms. The van der Waals surface area contributed by atoms with Crippen LogP contribution in [0.4, 0.5) is 24.5 Å². The molecule has 35 heavy (non-hydrogen) atoms. The number of ether oxygens (including phenoxy) is 1. The highest BCUT2D eigenvalue weighted by Gasteiger charge is 2.31. The number of fused-ring (bicyclic) bond motifs is 1. The van der Waals surface area contributed by atoms with Gasteiger partial charge in [-0.25, -0.2) is 9.97 Å². The third-order valence-corrected chi connectivity index (χ3v) is 5.26. The minimum absolute atomic E-state index is 0.143. The second-order valence-electron chi connectivity index (χ2n) is 7.60. The predicted octanol–water partition coefficient (Wildman–Crippen LogP) is 5.47. The zero-order chi connectivity index (χ0) is 25.2. The molecule has 0 aliphatic heterocycles. The molecule has 1 heterocycles. The van der Waals surface area contributed by atoms with Crippen LogP contribution in [-0.4, -0.2) is 28.9 Å². The molecule has 0 fully saturated rings. The number of hydrogen-bond donors (Lipinski definition) is 2. The Kier molecular flexibility index (Phi) is 6.37. The molecule has 4 rings (SSSR count). The number of carbonyl (C=O) groups excluding carboxylic acids is 2. The van der Waals surface area contributed by atoms with Gasteiger partial charge in [0.05, 0.1) is 29.1 Å². The quantitative estimate of drug-likeness (QED) is 0.395. The summed E-state index contributed by atoms with van der Waals surface area (Å²) in [5.41, 5.74) is 1.06. The van der Waals surface area contributed by atoms with E-state index in [1.165, 1.54) is 31.6 Å². The van der Waals surface area contributed by atoms with Gasteiger partial charge in [0.1, 0.15) is 6.33 Å². The summed E-state index contributed by atoms with van der Waals surface area (Å²) in [6.07, 6.45) is -3.26. The molecule has 0 atom stereocenters. The van der Waals surface area contributed by atoms with Crippen molar-refractivity contribution in [1.29, 1.82) is 0 Å². The number of rotatable bonds is 5. The van der Waals surface area contributed by atoms with Crippen molar-refractivity contribution >= 4 is 34.1 Å². The van der Waals surface area contributed by atoms with Gasteiger partial charge in [0.2, 0.25) is 5.88 Å². The largest absolute Gasteiger partial charge is 0.480 e. The van der Waals surface area contributed by atoms with Gasteiger partial charge < -0.3 is 15.4 Å². The van der Waals surface area contributed by atoms with Crippen LogP contribution in [0.3, 0.4) is 0 Å². The molecule has 3 aromatic carbocycles. The molecule has 2 N–H and O–H groups in total. The number of nitrogens with one attached hydrogen (secondary N) is 2. The zero-order valence-electron chi connectivity index (χ0n) is 18.6. The van der Waals surface area contributed by atoms with Crippen molar-refractivity contribution in [2.24, 2.45) is 0 Å². The average molecular weight is 480 g/mol. The van der Waals surface area contributed by atoms with Crippen LogP contribution >= 0.6 is 0 Å². The van der Waals surface area contributed by atoms with Crippen LogP contribution in [0.25, 0.3) is 10.9 Å². The number of amides is 2. The van der Waals surface area contributed by atoms with E-state index in [2.05, 4.69) is 20.6 Å². The number of aryl methyl sites for hydroxylation is 1. The van der Waals surface area contributed by atoms with Crippen LogP contribution in [0, 0.1) is 6.92 Å². The summed E-state index contributed by atoms with van der Waals surface area (Å²) in [5.74, 6) is -0.823. The van der Waals surface area contributed by atoms with Crippen LogP contribution < -0.4 is 15.4 Å². The Morgan fingerprint density at radius 2 is 1.69 bits per heavy atom. The molecule has 0 aliphatic carbocycles. The number of para-hydroxylation sites is 1. The van der Waals surface area contributed by atoms with E-state index in [0.29, 0.717) is 39.3 Å². The lowest BCUT2D eigenvalue weighted by Crippen LogP contribution is -2.16. The van der Waals surface area contributed by atoms with Crippen molar-refractivity contribution < 1.29 is 27.5 Å². The van der Waals surface area contributed by atoms with E-state index in [9.17, 15) is 22.8 Å². The van der Waals surface area contributed by atoms with Crippen molar-refractivity contribution in [2.75, 3.05) is 17.7 Å². The van der Waals surface area contributed by atoms with E-state index in [-0.39, 0.29) is 5.56 Å². The van der Waals surface area contributed by atoms with Crippen molar-refractivity contribution in [2.45, 2.75) is 13.1 Å².